The lowest BCUT2D eigenvalue weighted by atomic mass is 9.97. The zero-order valence-corrected chi connectivity index (χ0v) is 20.0. The molecule has 34 heavy (non-hydrogen) atoms. The van der Waals surface area contributed by atoms with Gasteiger partial charge in [-0.2, -0.15) is 4.98 Å². The molecular formula is C23H27FN6O3S. The van der Waals surface area contributed by atoms with Gasteiger partial charge in [0, 0.05) is 19.6 Å². The van der Waals surface area contributed by atoms with Crippen molar-refractivity contribution in [3.8, 4) is 0 Å². The molecule has 0 bridgehead atoms. The second-order valence-electron chi connectivity index (χ2n) is 8.43. The van der Waals surface area contributed by atoms with E-state index in [2.05, 4.69) is 20.6 Å². The Hall–Kier alpha value is -3.34. The van der Waals surface area contributed by atoms with Crippen LogP contribution in [0.2, 0.25) is 0 Å². The summed E-state index contributed by atoms with van der Waals surface area (Å²) in [5.74, 6) is -1.15. The van der Waals surface area contributed by atoms with Gasteiger partial charge in [0.25, 0.3) is 5.56 Å². The van der Waals surface area contributed by atoms with E-state index >= 15 is 0 Å². The van der Waals surface area contributed by atoms with Crippen LogP contribution in [0.4, 0.5) is 15.2 Å². The number of piperidine rings is 1. The highest BCUT2D eigenvalue weighted by atomic mass is 32.1. The van der Waals surface area contributed by atoms with E-state index in [1.807, 2.05) is 11.8 Å². The van der Waals surface area contributed by atoms with Crippen molar-refractivity contribution >= 4 is 44.3 Å². The van der Waals surface area contributed by atoms with E-state index in [-0.39, 0.29) is 29.6 Å². The Labute approximate surface area is 200 Å². The summed E-state index contributed by atoms with van der Waals surface area (Å²) in [6, 6.07) is 4.50. The van der Waals surface area contributed by atoms with Crippen LogP contribution >= 0.6 is 11.3 Å². The molecule has 0 saturated carbocycles. The van der Waals surface area contributed by atoms with Crippen LogP contribution in [0.3, 0.4) is 0 Å². The molecule has 1 aromatic carbocycles. The van der Waals surface area contributed by atoms with Crippen LogP contribution in [-0.4, -0.2) is 46.0 Å². The van der Waals surface area contributed by atoms with Gasteiger partial charge in [0.15, 0.2) is 10.8 Å². The maximum absolute atomic E-state index is 14.0. The Balaban J connectivity index is 1.48. The highest BCUT2D eigenvalue weighted by Gasteiger charge is 2.28. The molecule has 0 spiro atoms. The Morgan fingerprint density at radius 1 is 1.32 bits per heavy atom. The lowest BCUT2D eigenvalue weighted by Crippen LogP contribution is -2.43. The van der Waals surface area contributed by atoms with Gasteiger partial charge in [-0.3, -0.25) is 19.0 Å². The molecule has 1 aliphatic heterocycles. The monoisotopic (exact) mass is 486 g/mol. The fourth-order valence-electron chi connectivity index (χ4n) is 3.91. The minimum Gasteiger partial charge on any atom is -0.356 e. The van der Waals surface area contributed by atoms with Gasteiger partial charge < -0.3 is 15.5 Å². The lowest BCUT2D eigenvalue weighted by molar-refractivity contribution is -0.125. The smallest absolute Gasteiger partial charge is 0.273 e. The summed E-state index contributed by atoms with van der Waals surface area (Å²) < 4.78 is 15.5. The maximum atomic E-state index is 14.0. The summed E-state index contributed by atoms with van der Waals surface area (Å²) >= 11 is 1.21. The number of hydrogen-bond donors (Lipinski definition) is 2. The number of rotatable bonds is 7. The minimum atomic E-state index is -0.537. The second-order valence-corrected chi connectivity index (χ2v) is 9.41. The van der Waals surface area contributed by atoms with Crippen LogP contribution in [-0.2, 0) is 16.1 Å². The molecule has 1 aliphatic rings. The molecule has 0 unspecified atom stereocenters. The molecule has 1 fully saturated rings. The standard InChI is InChI=1S/C23H27FN6O3S/c1-3-8-25-21(32)15-5-4-9-29(11-15)23-28-20-19(34-23)22(33)30(13-26-20)12-18(31)27-17-7-6-14(2)10-16(17)24/h6-7,10,13,15H,3-5,8-9,11-12H2,1-2H3,(H,25,32)(H,27,31)/t15-/m1/s1. The molecule has 1 saturated heterocycles. The van der Waals surface area contributed by atoms with Gasteiger partial charge in [0.1, 0.15) is 23.4 Å². The maximum Gasteiger partial charge on any atom is 0.273 e. The normalized spacial score (nSPS) is 16.0. The van der Waals surface area contributed by atoms with Gasteiger partial charge in [0.05, 0.1) is 11.6 Å². The number of benzene rings is 1. The van der Waals surface area contributed by atoms with Gasteiger partial charge in [-0.1, -0.05) is 24.3 Å². The first-order valence-electron chi connectivity index (χ1n) is 11.3. The Kier molecular flexibility index (Phi) is 7.20. The van der Waals surface area contributed by atoms with E-state index in [1.165, 1.54) is 34.4 Å². The van der Waals surface area contributed by atoms with Gasteiger partial charge in [0.2, 0.25) is 11.8 Å². The number of nitrogens with one attached hydrogen (secondary N) is 2. The van der Waals surface area contributed by atoms with E-state index < -0.39 is 11.7 Å². The molecule has 3 heterocycles. The number of fused-ring (bicyclic) bond motifs is 1. The van der Waals surface area contributed by atoms with Crippen LogP contribution < -0.4 is 21.1 Å². The summed E-state index contributed by atoms with van der Waals surface area (Å²) in [4.78, 5) is 48.5. The average Bonchev–Trinajstić information content (AvgIpc) is 3.26. The average molecular weight is 487 g/mol. The van der Waals surface area contributed by atoms with Crippen molar-refractivity contribution in [1.29, 1.82) is 0 Å². The fraction of sp³-hybridized carbons (Fsp3) is 0.435. The third-order valence-electron chi connectivity index (χ3n) is 5.70. The second kappa shape index (κ2) is 10.3. The number of halogens is 1. The van der Waals surface area contributed by atoms with Crippen molar-refractivity contribution in [1.82, 2.24) is 19.9 Å². The van der Waals surface area contributed by atoms with E-state index in [0.29, 0.717) is 28.6 Å². The Morgan fingerprint density at radius 2 is 2.15 bits per heavy atom. The van der Waals surface area contributed by atoms with Crippen LogP contribution in [0.25, 0.3) is 10.3 Å². The predicted molar refractivity (Wildman–Crippen MR) is 130 cm³/mol. The molecule has 3 aromatic rings. The van der Waals surface area contributed by atoms with Crippen molar-refractivity contribution in [2.24, 2.45) is 5.92 Å². The van der Waals surface area contributed by atoms with Crippen LogP contribution in [0, 0.1) is 18.7 Å². The molecule has 2 N–H and O–H groups in total. The topological polar surface area (TPSA) is 109 Å². The Morgan fingerprint density at radius 3 is 2.91 bits per heavy atom. The summed E-state index contributed by atoms with van der Waals surface area (Å²) in [7, 11) is 0. The first kappa shape index (κ1) is 23.8. The SMILES string of the molecule is CCCNC(=O)[C@@H]1CCCN(c2nc3ncn(CC(=O)Nc4ccc(C)cc4F)c(=O)c3s2)C1. The molecule has 9 nitrogen and oxygen atoms in total. The molecule has 2 amide bonds. The quantitative estimate of drug-likeness (QED) is 0.532. The molecule has 180 valence electrons. The zero-order valence-electron chi connectivity index (χ0n) is 19.1. The summed E-state index contributed by atoms with van der Waals surface area (Å²) in [5, 5.41) is 6.07. The van der Waals surface area contributed by atoms with Crippen molar-refractivity contribution in [2.45, 2.75) is 39.7 Å². The number of thiazole rings is 1. The summed E-state index contributed by atoms with van der Waals surface area (Å²) in [6.07, 6.45) is 3.83. The lowest BCUT2D eigenvalue weighted by Gasteiger charge is -2.31. The number of nitrogens with zero attached hydrogens (tertiary/aromatic N) is 4. The molecule has 2 aromatic heterocycles. The molecule has 0 radical (unpaired) electrons. The van der Waals surface area contributed by atoms with Crippen molar-refractivity contribution < 1.29 is 14.0 Å². The number of carbonyl (C=O) groups is 2. The molecular weight excluding hydrogens is 459 g/mol. The minimum absolute atomic E-state index is 0.0455. The number of anilines is 2. The number of carbonyl (C=O) groups excluding carboxylic acids is 2. The molecule has 4 rings (SSSR count). The number of aryl methyl sites for hydroxylation is 1. The summed E-state index contributed by atoms with van der Waals surface area (Å²) in [6.45, 7) is 5.41. The first-order valence-corrected chi connectivity index (χ1v) is 12.1. The van der Waals surface area contributed by atoms with Crippen molar-refractivity contribution in [3.05, 3.63) is 46.3 Å². The highest BCUT2D eigenvalue weighted by Crippen LogP contribution is 2.29. The predicted octanol–water partition coefficient (Wildman–Crippen LogP) is 2.68. The van der Waals surface area contributed by atoms with Crippen LogP contribution in [0.5, 0.6) is 0 Å². The third-order valence-corrected chi connectivity index (χ3v) is 6.79. The van der Waals surface area contributed by atoms with E-state index in [4.69, 9.17) is 0 Å². The summed E-state index contributed by atoms with van der Waals surface area (Å²) in [5.41, 5.74) is 0.718. The van der Waals surface area contributed by atoms with Crippen LogP contribution in [0.1, 0.15) is 31.7 Å². The fourth-order valence-corrected chi connectivity index (χ4v) is 4.91. The number of aromatic nitrogens is 3. The first-order chi connectivity index (χ1) is 16.4. The van der Waals surface area contributed by atoms with E-state index in [0.717, 1.165) is 31.4 Å². The molecule has 11 heteroatoms. The Bertz CT molecular complexity index is 1270. The van der Waals surface area contributed by atoms with Gasteiger partial charge in [-0.15, -0.1) is 0 Å². The number of amides is 2. The van der Waals surface area contributed by atoms with Gasteiger partial charge in [-0.05, 0) is 43.9 Å². The third kappa shape index (κ3) is 5.24. The largest absolute Gasteiger partial charge is 0.356 e. The number of hydrogen-bond acceptors (Lipinski definition) is 7. The molecule has 1 atom stereocenters. The van der Waals surface area contributed by atoms with Crippen LogP contribution in [0.15, 0.2) is 29.3 Å². The van der Waals surface area contributed by atoms with Crippen molar-refractivity contribution in [2.75, 3.05) is 29.9 Å². The van der Waals surface area contributed by atoms with Gasteiger partial charge >= 0.3 is 0 Å². The van der Waals surface area contributed by atoms with Crippen molar-refractivity contribution in [3.63, 3.8) is 0 Å². The highest BCUT2D eigenvalue weighted by molar-refractivity contribution is 7.22. The van der Waals surface area contributed by atoms with E-state index in [9.17, 15) is 18.8 Å². The van der Waals surface area contributed by atoms with E-state index in [1.54, 1.807) is 13.0 Å². The van der Waals surface area contributed by atoms with Gasteiger partial charge in [-0.25, -0.2) is 9.37 Å². The molecule has 0 aliphatic carbocycles. The zero-order chi connectivity index (χ0) is 24.2.